The standard InChI is InChI=1S/C23H23ClN2O5/c1-29-18-9-8-13(10-19(18)30-2)22-21-15(14-6-4-5-7-16(14)25-21)11-17(23(28)31-3)26(22)20(27)12-24/h4-10,17,22,25H,11-12H2,1-3H3/t17-,22-/m1/s1. The minimum Gasteiger partial charge on any atom is -0.493 e. The van der Waals surface area contributed by atoms with Gasteiger partial charge in [-0.15, -0.1) is 11.6 Å². The van der Waals surface area contributed by atoms with Crippen LogP contribution in [0.25, 0.3) is 10.9 Å². The van der Waals surface area contributed by atoms with Crippen LogP contribution in [0.15, 0.2) is 42.5 Å². The summed E-state index contributed by atoms with van der Waals surface area (Å²) in [4.78, 5) is 30.7. The van der Waals surface area contributed by atoms with Crippen LogP contribution in [0.5, 0.6) is 11.5 Å². The van der Waals surface area contributed by atoms with Gasteiger partial charge in [-0.1, -0.05) is 24.3 Å². The second kappa shape index (κ2) is 8.51. The monoisotopic (exact) mass is 442 g/mol. The first kappa shape index (κ1) is 21.1. The Kier molecular flexibility index (Phi) is 5.78. The SMILES string of the molecule is COC(=O)[C@H]1Cc2c([nH]c3ccccc23)[C@@H](c2ccc(OC)c(OC)c2)N1C(=O)CCl. The maximum atomic E-state index is 13.0. The van der Waals surface area contributed by atoms with Crippen molar-refractivity contribution in [1.82, 2.24) is 9.88 Å². The first-order valence-corrected chi connectivity index (χ1v) is 10.3. The van der Waals surface area contributed by atoms with Gasteiger partial charge in [0.1, 0.15) is 11.9 Å². The van der Waals surface area contributed by atoms with Crippen LogP contribution in [0.4, 0.5) is 0 Å². The quantitative estimate of drug-likeness (QED) is 0.483. The summed E-state index contributed by atoms with van der Waals surface area (Å²) in [5, 5.41) is 1.01. The summed E-state index contributed by atoms with van der Waals surface area (Å²) in [7, 11) is 4.43. The van der Waals surface area contributed by atoms with Gasteiger partial charge in [0.25, 0.3) is 0 Å². The van der Waals surface area contributed by atoms with Crippen molar-refractivity contribution in [2.75, 3.05) is 27.2 Å². The van der Waals surface area contributed by atoms with Crippen LogP contribution < -0.4 is 9.47 Å². The van der Waals surface area contributed by atoms with Gasteiger partial charge < -0.3 is 24.1 Å². The van der Waals surface area contributed by atoms with Crippen LogP contribution in [0.2, 0.25) is 0 Å². The van der Waals surface area contributed by atoms with E-state index < -0.39 is 18.1 Å². The molecule has 3 aromatic rings. The molecule has 0 saturated carbocycles. The number of nitrogens with one attached hydrogen (secondary N) is 1. The molecule has 0 spiro atoms. The first-order valence-electron chi connectivity index (χ1n) is 9.80. The van der Waals surface area contributed by atoms with E-state index in [-0.39, 0.29) is 11.8 Å². The summed E-state index contributed by atoms with van der Waals surface area (Å²) in [6.45, 7) is 0. The lowest BCUT2D eigenvalue weighted by molar-refractivity contribution is -0.154. The zero-order valence-electron chi connectivity index (χ0n) is 17.5. The highest BCUT2D eigenvalue weighted by Crippen LogP contribution is 2.43. The number of aromatic nitrogens is 1. The highest BCUT2D eigenvalue weighted by atomic mass is 35.5. The fourth-order valence-corrected chi connectivity index (χ4v) is 4.49. The van der Waals surface area contributed by atoms with E-state index in [2.05, 4.69) is 4.98 Å². The molecule has 0 aliphatic carbocycles. The first-order chi connectivity index (χ1) is 15.0. The smallest absolute Gasteiger partial charge is 0.328 e. The molecule has 1 amide bonds. The molecule has 1 N–H and O–H groups in total. The number of methoxy groups -OCH3 is 3. The van der Waals surface area contributed by atoms with Gasteiger partial charge in [-0.05, 0) is 29.3 Å². The minimum atomic E-state index is -0.805. The molecule has 2 heterocycles. The maximum absolute atomic E-state index is 13.0. The molecule has 1 aliphatic rings. The second-order valence-corrected chi connectivity index (χ2v) is 7.52. The molecule has 2 aromatic carbocycles. The Morgan fingerprint density at radius 1 is 1.10 bits per heavy atom. The maximum Gasteiger partial charge on any atom is 0.328 e. The third-order valence-corrected chi connectivity index (χ3v) is 5.96. The van der Waals surface area contributed by atoms with Crippen molar-refractivity contribution < 1.29 is 23.8 Å². The number of para-hydroxylation sites is 1. The van der Waals surface area contributed by atoms with E-state index in [1.54, 1.807) is 20.3 Å². The number of benzene rings is 2. The van der Waals surface area contributed by atoms with E-state index in [4.69, 9.17) is 25.8 Å². The molecular formula is C23H23ClN2O5. The number of carbonyl (C=O) groups is 2. The number of esters is 1. The van der Waals surface area contributed by atoms with E-state index >= 15 is 0 Å². The fraction of sp³-hybridized carbons (Fsp3) is 0.304. The molecule has 0 fully saturated rings. The summed E-state index contributed by atoms with van der Waals surface area (Å²) >= 11 is 5.97. The van der Waals surface area contributed by atoms with E-state index in [1.807, 2.05) is 36.4 Å². The number of ether oxygens (including phenoxy) is 3. The van der Waals surface area contributed by atoms with Gasteiger partial charge in [0.15, 0.2) is 11.5 Å². The molecule has 8 heteroatoms. The normalized spacial score (nSPS) is 17.9. The fourth-order valence-electron chi connectivity index (χ4n) is 4.35. The molecule has 0 saturated heterocycles. The molecule has 1 aliphatic heterocycles. The Morgan fingerprint density at radius 2 is 1.84 bits per heavy atom. The van der Waals surface area contributed by atoms with Gasteiger partial charge in [-0.25, -0.2) is 4.79 Å². The lowest BCUT2D eigenvalue weighted by Crippen LogP contribution is -2.52. The average Bonchev–Trinajstić information content (AvgIpc) is 3.19. The van der Waals surface area contributed by atoms with Gasteiger partial charge in [0.2, 0.25) is 5.91 Å². The van der Waals surface area contributed by atoms with E-state index in [0.717, 1.165) is 27.7 Å². The summed E-state index contributed by atoms with van der Waals surface area (Å²) in [5.41, 5.74) is 3.51. The van der Waals surface area contributed by atoms with Crippen molar-refractivity contribution in [1.29, 1.82) is 0 Å². The largest absolute Gasteiger partial charge is 0.493 e. The molecule has 162 valence electrons. The Labute approximate surface area is 184 Å². The number of amides is 1. The third kappa shape index (κ3) is 3.49. The van der Waals surface area contributed by atoms with Crippen molar-refractivity contribution in [2.24, 2.45) is 0 Å². The number of fused-ring (bicyclic) bond motifs is 3. The molecule has 0 bridgehead atoms. The number of hydrogen-bond acceptors (Lipinski definition) is 5. The molecule has 0 radical (unpaired) electrons. The Bertz CT molecular complexity index is 1140. The highest BCUT2D eigenvalue weighted by molar-refractivity contribution is 6.27. The van der Waals surface area contributed by atoms with Crippen LogP contribution in [-0.4, -0.2) is 55.0 Å². The van der Waals surface area contributed by atoms with Crippen LogP contribution in [-0.2, 0) is 20.7 Å². The summed E-state index contributed by atoms with van der Waals surface area (Å²) in [6.07, 6.45) is 0.332. The number of aromatic amines is 1. The van der Waals surface area contributed by atoms with Crippen LogP contribution in [0.3, 0.4) is 0 Å². The van der Waals surface area contributed by atoms with Crippen LogP contribution >= 0.6 is 11.6 Å². The zero-order chi connectivity index (χ0) is 22.1. The molecule has 1 aromatic heterocycles. The Hall–Kier alpha value is -3.19. The Balaban J connectivity index is 1.98. The van der Waals surface area contributed by atoms with E-state index in [1.165, 1.54) is 12.0 Å². The third-order valence-electron chi connectivity index (χ3n) is 5.73. The number of rotatable bonds is 5. The molecule has 2 atom stereocenters. The van der Waals surface area contributed by atoms with Crippen molar-refractivity contribution >= 4 is 34.4 Å². The van der Waals surface area contributed by atoms with E-state index in [0.29, 0.717) is 17.9 Å². The number of hydrogen-bond donors (Lipinski definition) is 1. The van der Waals surface area contributed by atoms with Crippen molar-refractivity contribution in [3.63, 3.8) is 0 Å². The van der Waals surface area contributed by atoms with Crippen LogP contribution in [0, 0.1) is 0 Å². The van der Waals surface area contributed by atoms with Crippen LogP contribution in [0.1, 0.15) is 22.9 Å². The molecule has 4 rings (SSSR count). The van der Waals surface area contributed by atoms with Gasteiger partial charge in [-0.2, -0.15) is 0 Å². The minimum absolute atomic E-state index is 0.257. The predicted molar refractivity (Wildman–Crippen MR) is 117 cm³/mol. The number of H-pyrrole nitrogens is 1. The molecule has 31 heavy (non-hydrogen) atoms. The lowest BCUT2D eigenvalue weighted by atomic mass is 9.87. The van der Waals surface area contributed by atoms with Gasteiger partial charge in [0, 0.05) is 23.0 Å². The lowest BCUT2D eigenvalue weighted by Gasteiger charge is -2.40. The van der Waals surface area contributed by atoms with E-state index in [9.17, 15) is 9.59 Å². The summed E-state index contributed by atoms with van der Waals surface area (Å²) in [6, 6.07) is 11.9. The van der Waals surface area contributed by atoms with Gasteiger partial charge in [-0.3, -0.25) is 4.79 Å². The van der Waals surface area contributed by atoms with Crippen molar-refractivity contribution in [3.8, 4) is 11.5 Å². The predicted octanol–water partition coefficient (Wildman–Crippen LogP) is 3.44. The summed E-state index contributed by atoms with van der Waals surface area (Å²) in [5.74, 6) is -0.0110. The molecule has 7 nitrogen and oxygen atoms in total. The Morgan fingerprint density at radius 3 is 2.52 bits per heavy atom. The van der Waals surface area contributed by atoms with Crippen molar-refractivity contribution in [3.05, 3.63) is 59.3 Å². The number of halogens is 1. The average molecular weight is 443 g/mol. The molecular weight excluding hydrogens is 420 g/mol. The number of alkyl halides is 1. The highest BCUT2D eigenvalue weighted by Gasteiger charge is 2.43. The second-order valence-electron chi connectivity index (χ2n) is 7.26. The number of carbonyl (C=O) groups excluding carboxylic acids is 2. The molecule has 0 unspecified atom stereocenters. The van der Waals surface area contributed by atoms with Gasteiger partial charge in [0.05, 0.1) is 27.4 Å². The topological polar surface area (TPSA) is 80.9 Å². The van der Waals surface area contributed by atoms with Gasteiger partial charge >= 0.3 is 5.97 Å². The summed E-state index contributed by atoms with van der Waals surface area (Å²) < 4.78 is 15.9. The number of nitrogens with zero attached hydrogens (tertiary/aromatic N) is 1. The zero-order valence-corrected chi connectivity index (χ0v) is 18.2. The van der Waals surface area contributed by atoms with Crippen molar-refractivity contribution in [2.45, 2.75) is 18.5 Å².